The van der Waals surface area contributed by atoms with Gasteiger partial charge in [-0.1, -0.05) is 44.5 Å². The highest BCUT2D eigenvalue weighted by Crippen LogP contribution is 2.42. The average Bonchev–Trinajstić information content (AvgIpc) is 2.61. The van der Waals surface area contributed by atoms with Crippen molar-refractivity contribution in [2.24, 2.45) is 11.8 Å². The zero-order valence-electron chi connectivity index (χ0n) is 9.55. The van der Waals surface area contributed by atoms with E-state index in [9.17, 15) is 0 Å². The quantitative estimate of drug-likeness (QED) is 0.795. The van der Waals surface area contributed by atoms with E-state index in [-0.39, 0.29) is 0 Å². The number of para-hydroxylation sites is 1. The van der Waals surface area contributed by atoms with E-state index in [1.54, 1.807) is 0 Å². The normalized spacial score (nSPS) is 21.3. The Morgan fingerprint density at radius 1 is 1.33 bits per heavy atom. The van der Waals surface area contributed by atoms with Crippen LogP contribution in [0.2, 0.25) is 5.02 Å². The summed E-state index contributed by atoms with van der Waals surface area (Å²) < 4.78 is 0. The van der Waals surface area contributed by atoms with Gasteiger partial charge in [0, 0.05) is 12.5 Å². The number of halogens is 1. The Morgan fingerprint density at radius 3 is 2.73 bits per heavy atom. The molecule has 1 N–H and O–H groups in total. The topological polar surface area (TPSA) is 12.0 Å². The van der Waals surface area contributed by atoms with Crippen molar-refractivity contribution < 1.29 is 0 Å². The van der Waals surface area contributed by atoms with Gasteiger partial charge in [0.1, 0.15) is 0 Å². The van der Waals surface area contributed by atoms with Gasteiger partial charge in [-0.05, 0) is 23.5 Å². The minimum Gasteiger partial charge on any atom is -0.383 e. The summed E-state index contributed by atoms with van der Waals surface area (Å²) in [4.78, 5) is 0. The van der Waals surface area contributed by atoms with Crippen LogP contribution >= 0.6 is 11.6 Å². The maximum absolute atomic E-state index is 6.16. The van der Waals surface area contributed by atoms with Gasteiger partial charge in [0.2, 0.25) is 0 Å². The van der Waals surface area contributed by atoms with Gasteiger partial charge >= 0.3 is 0 Å². The molecule has 1 aliphatic heterocycles. The maximum Gasteiger partial charge on any atom is 0.0640 e. The molecule has 0 bridgehead atoms. The molecule has 0 saturated heterocycles. The van der Waals surface area contributed by atoms with Crippen LogP contribution in [-0.4, -0.2) is 6.54 Å². The molecule has 2 atom stereocenters. The SMILES string of the molecule is CC(C)C(C)C1CNc2c(Cl)cccc21. The molecule has 15 heavy (non-hydrogen) atoms. The van der Waals surface area contributed by atoms with Crippen LogP contribution in [0, 0.1) is 11.8 Å². The van der Waals surface area contributed by atoms with Crippen molar-refractivity contribution in [2.45, 2.75) is 26.7 Å². The molecule has 0 fully saturated rings. The van der Waals surface area contributed by atoms with E-state index in [2.05, 4.69) is 32.2 Å². The summed E-state index contributed by atoms with van der Waals surface area (Å²) in [7, 11) is 0. The number of benzene rings is 1. The molecule has 1 aromatic carbocycles. The molecule has 82 valence electrons. The van der Waals surface area contributed by atoms with Crippen LogP contribution < -0.4 is 5.32 Å². The first-order chi connectivity index (χ1) is 7.11. The molecule has 1 nitrogen and oxygen atoms in total. The Hall–Kier alpha value is -0.690. The van der Waals surface area contributed by atoms with Crippen LogP contribution in [0.3, 0.4) is 0 Å². The van der Waals surface area contributed by atoms with Crippen molar-refractivity contribution in [1.82, 2.24) is 0 Å². The molecule has 2 heteroatoms. The van der Waals surface area contributed by atoms with Gasteiger partial charge in [0.25, 0.3) is 0 Å². The van der Waals surface area contributed by atoms with Crippen LogP contribution in [0.1, 0.15) is 32.3 Å². The molecule has 1 aromatic rings. The van der Waals surface area contributed by atoms with Crippen molar-refractivity contribution in [1.29, 1.82) is 0 Å². The van der Waals surface area contributed by atoms with E-state index in [1.165, 1.54) is 5.56 Å². The maximum atomic E-state index is 6.16. The van der Waals surface area contributed by atoms with Crippen molar-refractivity contribution in [3.05, 3.63) is 28.8 Å². The Bertz CT molecular complexity index is 360. The predicted molar refractivity (Wildman–Crippen MR) is 66.7 cm³/mol. The van der Waals surface area contributed by atoms with E-state index in [1.807, 2.05) is 12.1 Å². The first-order valence-corrected chi connectivity index (χ1v) is 6.01. The highest BCUT2D eigenvalue weighted by molar-refractivity contribution is 6.33. The summed E-state index contributed by atoms with van der Waals surface area (Å²) in [5.74, 6) is 2.01. The van der Waals surface area contributed by atoms with Crippen LogP contribution in [0.4, 0.5) is 5.69 Å². The fourth-order valence-corrected chi connectivity index (χ4v) is 2.54. The van der Waals surface area contributed by atoms with E-state index >= 15 is 0 Å². The van der Waals surface area contributed by atoms with Gasteiger partial charge < -0.3 is 5.32 Å². The van der Waals surface area contributed by atoms with Crippen LogP contribution in [0.15, 0.2) is 18.2 Å². The lowest BCUT2D eigenvalue weighted by Crippen LogP contribution is -2.16. The van der Waals surface area contributed by atoms with E-state index in [0.29, 0.717) is 17.8 Å². The number of hydrogen-bond acceptors (Lipinski definition) is 1. The van der Waals surface area contributed by atoms with E-state index < -0.39 is 0 Å². The summed E-state index contributed by atoms with van der Waals surface area (Å²) in [6.45, 7) is 7.92. The van der Waals surface area contributed by atoms with Gasteiger partial charge in [-0.3, -0.25) is 0 Å². The second kappa shape index (κ2) is 4.05. The smallest absolute Gasteiger partial charge is 0.0640 e. The fourth-order valence-electron chi connectivity index (χ4n) is 2.29. The average molecular weight is 224 g/mol. The lowest BCUT2D eigenvalue weighted by atomic mass is 9.82. The fraction of sp³-hybridized carbons (Fsp3) is 0.538. The van der Waals surface area contributed by atoms with Gasteiger partial charge in [-0.2, -0.15) is 0 Å². The molecule has 0 amide bonds. The number of fused-ring (bicyclic) bond motifs is 1. The third-order valence-corrected chi connectivity index (χ3v) is 3.95. The van der Waals surface area contributed by atoms with Crippen molar-refractivity contribution in [2.75, 3.05) is 11.9 Å². The molecule has 0 aromatic heterocycles. The number of rotatable bonds is 2. The monoisotopic (exact) mass is 223 g/mol. The molecule has 1 heterocycles. The van der Waals surface area contributed by atoms with Gasteiger partial charge in [0.15, 0.2) is 0 Å². The van der Waals surface area contributed by atoms with Crippen LogP contribution in [-0.2, 0) is 0 Å². The molecule has 0 aliphatic carbocycles. The number of hydrogen-bond donors (Lipinski definition) is 1. The van der Waals surface area contributed by atoms with Crippen molar-refractivity contribution >= 4 is 17.3 Å². The molecule has 2 rings (SSSR count). The first kappa shape index (κ1) is 10.8. The standard InChI is InChI=1S/C13H18ClN/c1-8(2)9(3)11-7-15-13-10(11)5-4-6-12(13)14/h4-6,8-9,11,15H,7H2,1-3H3. The minimum atomic E-state index is 0.610. The second-order valence-electron chi connectivity index (χ2n) is 4.79. The van der Waals surface area contributed by atoms with Crippen LogP contribution in [0.25, 0.3) is 0 Å². The van der Waals surface area contributed by atoms with Crippen LogP contribution in [0.5, 0.6) is 0 Å². The summed E-state index contributed by atoms with van der Waals surface area (Å²) in [5.41, 5.74) is 2.54. The Morgan fingerprint density at radius 2 is 2.07 bits per heavy atom. The second-order valence-corrected chi connectivity index (χ2v) is 5.20. The Kier molecular flexibility index (Phi) is 2.92. The number of nitrogens with one attached hydrogen (secondary N) is 1. The summed E-state index contributed by atoms with van der Waals surface area (Å²) in [6, 6.07) is 6.20. The lowest BCUT2D eigenvalue weighted by Gasteiger charge is -2.22. The molecular formula is C13H18ClN. The minimum absolute atomic E-state index is 0.610. The third kappa shape index (κ3) is 1.85. The highest BCUT2D eigenvalue weighted by Gasteiger charge is 2.29. The molecule has 2 unspecified atom stereocenters. The Balaban J connectivity index is 2.33. The highest BCUT2D eigenvalue weighted by atomic mass is 35.5. The zero-order valence-corrected chi connectivity index (χ0v) is 10.3. The molecule has 0 saturated carbocycles. The molecule has 0 spiro atoms. The van der Waals surface area contributed by atoms with Crippen molar-refractivity contribution in [3.63, 3.8) is 0 Å². The lowest BCUT2D eigenvalue weighted by molar-refractivity contribution is 0.362. The summed E-state index contributed by atoms with van der Waals surface area (Å²) in [5, 5.41) is 4.28. The van der Waals surface area contributed by atoms with Crippen molar-refractivity contribution in [3.8, 4) is 0 Å². The summed E-state index contributed by atoms with van der Waals surface area (Å²) in [6.07, 6.45) is 0. The third-order valence-electron chi connectivity index (χ3n) is 3.63. The van der Waals surface area contributed by atoms with Gasteiger partial charge in [0.05, 0.1) is 10.7 Å². The van der Waals surface area contributed by atoms with E-state index in [0.717, 1.165) is 17.3 Å². The van der Waals surface area contributed by atoms with Gasteiger partial charge in [-0.25, -0.2) is 0 Å². The first-order valence-electron chi connectivity index (χ1n) is 5.63. The largest absolute Gasteiger partial charge is 0.383 e. The number of anilines is 1. The summed E-state index contributed by atoms with van der Waals surface area (Å²) >= 11 is 6.16. The Labute approximate surface area is 96.8 Å². The van der Waals surface area contributed by atoms with Gasteiger partial charge in [-0.15, -0.1) is 0 Å². The predicted octanol–water partition coefficient (Wildman–Crippen LogP) is 4.14. The molecular weight excluding hydrogens is 206 g/mol. The molecule has 0 radical (unpaired) electrons. The zero-order chi connectivity index (χ0) is 11.0. The van der Waals surface area contributed by atoms with E-state index in [4.69, 9.17) is 11.6 Å². The molecule has 1 aliphatic rings.